The Morgan fingerprint density at radius 2 is 1.79 bits per heavy atom. The van der Waals surface area contributed by atoms with Crippen molar-refractivity contribution in [2.75, 3.05) is 0 Å². The first kappa shape index (κ1) is 24.3. The van der Waals surface area contributed by atoms with Crippen LogP contribution in [0.5, 0.6) is 0 Å². The van der Waals surface area contributed by atoms with Gasteiger partial charge < -0.3 is 0 Å². The molecule has 4 rings (SSSR count). The summed E-state index contributed by atoms with van der Waals surface area (Å²) in [6.45, 7) is 11.4. The topological polar surface area (TPSA) is 0 Å². The molecule has 0 radical (unpaired) electrons. The third-order valence-electron chi connectivity index (χ3n) is 8.10. The first-order valence-electron chi connectivity index (χ1n) is 13.3. The Hall–Kier alpha value is -2.78. The summed E-state index contributed by atoms with van der Waals surface area (Å²) in [5.74, 6) is 5.22. The van der Waals surface area contributed by atoms with Crippen LogP contribution < -0.4 is 0 Å². The SMILES string of the molecule is C#Cc1ccc(CC2CCC(C(C(=C)CC)c3ccc(C4=CC(C)C=C4)c(CC)c3)CC2)cc1. The van der Waals surface area contributed by atoms with E-state index < -0.39 is 0 Å². The Labute approximate surface area is 207 Å². The molecule has 176 valence electrons. The molecule has 0 aliphatic heterocycles. The maximum Gasteiger partial charge on any atom is 0.0242 e. The molecule has 0 nitrogen and oxygen atoms in total. The van der Waals surface area contributed by atoms with Gasteiger partial charge in [-0.05, 0) is 103 Å². The molecule has 0 saturated heterocycles. The average Bonchev–Trinajstić information content (AvgIpc) is 3.31. The van der Waals surface area contributed by atoms with Gasteiger partial charge in [-0.25, -0.2) is 0 Å². The van der Waals surface area contributed by atoms with E-state index >= 15 is 0 Å². The number of hydrogen-bond donors (Lipinski definition) is 0. The summed E-state index contributed by atoms with van der Waals surface area (Å²) in [7, 11) is 0. The van der Waals surface area contributed by atoms with Crippen LogP contribution in [0, 0.1) is 30.1 Å². The van der Waals surface area contributed by atoms with Gasteiger partial charge in [-0.2, -0.15) is 0 Å². The van der Waals surface area contributed by atoms with Crippen molar-refractivity contribution in [2.45, 2.75) is 71.6 Å². The van der Waals surface area contributed by atoms with Gasteiger partial charge in [0.1, 0.15) is 0 Å². The van der Waals surface area contributed by atoms with Gasteiger partial charge in [0.2, 0.25) is 0 Å². The van der Waals surface area contributed by atoms with Crippen LogP contribution in [0.4, 0.5) is 0 Å². The van der Waals surface area contributed by atoms with Crippen LogP contribution in [-0.2, 0) is 12.8 Å². The summed E-state index contributed by atoms with van der Waals surface area (Å²) in [6, 6.07) is 15.9. The first-order valence-corrected chi connectivity index (χ1v) is 13.3. The molecule has 2 aliphatic rings. The Morgan fingerprint density at radius 3 is 2.38 bits per heavy atom. The number of benzene rings is 2. The number of hydrogen-bond acceptors (Lipinski definition) is 0. The lowest BCUT2D eigenvalue weighted by Gasteiger charge is -2.35. The normalized spacial score (nSPS) is 22.8. The van der Waals surface area contributed by atoms with Crippen LogP contribution in [0.3, 0.4) is 0 Å². The molecule has 2 unspecified atom stereocenters. The summed E-state index contributed by atoms with van der Waals surface area (Å²) in [6.07, 6.45) is 21.0. The van der Waals surface area contributed by atoms with Crippen LogP contribution in [0.2, 0.25) is 0 Å². The molecule has 0 spiro atoms. The number of aryl methyl sites for hydroxylation is 1. The lowest BCUT2D eigenvalue weighted by molar-refractivity contribution is 0.252. The number of rotatable bonds is 8. The second kappa shape index (κ2) is 11.1. The highest BCUT2D eigenvalue weighted by atomic mass is 14.3. The van der Waals surface area contributed by atoms with Gasteiger partial charge in [0.05, 0.1) is 0 Å². The highest BCUT2D eigenvalue weighted by Gasteiger charge is 2.30. The fraction of sp³-hybridized carbons (Fsp3) is 0.412. The van der Waals surface area contributed by atoms with E-state index in [0.717, 1.165) is 24.3 Å². The number of terminal acetylenes is 1. The fourth-order valence-electron chi connectivity index (χ4n) is 6.07. The first-order chi connectivity index (χ1) is 16.5. The van der Waals surface area contributed by atoms with Crippen molar-refractivity contribution in [1.82, 2.24) is 0 Å². The molecular weight excluding hydrogens is 408 g/mol. The molecule has 0 aromatic heterocycles. The molecule has 2 aliphatic carbocycles. The molecule has 0 N–H and O–H groups in total. The van der Waals surface area contributed by atoms with Crippen LogP contribution in [0.15, 0.2) is 72.8 Å². The van der Waals surface area contributed by atoms with Crippen molar-refractivity contribution >= 4 is 5.57 Å². The molecule has 2 atom stereocenters. The minimum atomic E-state index is 0.479. The Balaban J connectivity index is 1.48. The maximum absolute atomic E-state index is 5.51. The minimum absolute atomic E-state index is 0.479. The van der Waals surface area contributed by atoms with Crippen molar-refractivity contribution in [3.05, 3.63) is 101 Å². The predicted molar refractivity (Wildman–Crippen MR) is 148 cm³/mol. The van der Waals surface area contributed by atoms with Gasteiger partial charge in [0, 0.05) is 11.5 Å². The maximum atomic E-state index is 5.51. The second-order valence-electron chi connectivity index (χ2n) is 10.4. The van der Waals surface area contributed by atoms with Crippen molar-refractivity contribution in [3.8, 4) is 12.3 Å². The van der Waals surface area contributed by atoms with Crippen LogP contribution in [0.25, 0.3) is 5.57 Å². The van der Waals surface area contributed by atoms with E-state index in [1.165, 1.54) is 65.5 Å². The summed E-state index contributed by atoms with van der Waals surface area (Å²) in [5, 5.41) is 0. The van der Waals surface area contributed by atoms with E-state index in [9.17, 15) is 0 Å². The van der Waals surface area contributed by atoms with Crippen LogP contribution in [-0.4, -0.2) is 0 Å². The second-order valence-corrected chi connectivity index (χ2v) is 10.4. The van der Waals surface area contributed by atoms with Gasteiger partial charge in [0.25, 0.3) is 0 Å². The fourth-order valence-corrected chi connectivity index (χ4v) is 6.07. The highest BCUT2D eigenvalue weighted by molar-refractivity contribution is 5.78. The zero-order valence-corrected chi connectivity index (χ0v) is 21.3. The van der Waals surface area contributed by atoms with Crippen molar-refractivity contribution in [2.24, 2.45) is 17.8 Å². The van der Waals surface area contributed by atoms with Crippen LogP contribution >= 0.6 is 0 Å². The molecule has 1 fully saturated rings. The molecule has 34 heavy (non-hydrogen) atoms. The molecule has 0 heterocycles. The summed E-state index contributed by atoms with van der Waals surface area (Å²) >= 11 is 0. The molecule has 0 bridgehead atoms. The third-order valence-corrected chi connectivity index (χ3v) is 8.10. The van der Waals surface area contributed by atoms with Gasteiger partial charge in [0.15, 0.2) is 0 Å². The van der Waals surface area contributed by atoms with Gasteiger partial charge in [-0.1, -0.05) is 87.4 Å². The molecule has 2 aromatic carbocycles. The molecule has 1 saturated carbocycles. The lowest BCUT2D eigenvalue weighted by atomic mass is 9.69. The molecular formula is C34H40. The van der Waals surface area contributed by atoms with Crippen molar-refractivity contribution in [1.29, 1.82) is 0 Å². The molecule has 2 aromatic rings. The van der Waals surface area contributed by atoms with Gasteiger partial charge in [-0.15, -0.1) is 6.42 Å². The van der Waals surface area contributed by atoms with Crippen LogP contribution in [0.1, 0.15) is 86.6 Å². The van der Waals surface area contributed by atoms with E-state index in [2.05, 4.69) is 94.0 Å². The largest absolute Gasteiger partial charge is 0.115 e. The summed E-state index contributed by atoms with van der Waals surface area (Å²) < 4.78 is 0. The average molecular weight is 449 g/mol. The Bertz CT molecular complexity index is 1090. The highest BCUT2D eigenvalue weighted by Crippen LogP contribution is 2.44. The number of allylic oxidation sites excluding steroid dienone is 5. The predicted octanol–water partition coefficient (Wildman–Crippen LogP) is 8.92. The zero-order chi connectivity index (χ0) is 24.1. The third kappa shape index (κ3) is 5.47. The molecule has 0 heteroatoms. The monoisotopic (exact) mass is 448 g/mol. The summed E-state index contributed by atoms with van der Waals surface area (Å²) in [5.41, 5.74) is 9.55. The van der Waals surface area contributed by atoms with E-state index in [-0.39, 0.29) is 0 Å². The Morgan fingerprint density at radius 1 is 1.06 bits per heavy atom. The van der Waals surface area contributed by atoms with Crippen molar-refractivity contribution in [3.63, 3.8) is 0 Å². The smallest absolute Gasteiger partial charge is 0.0242 e. The quantitative estimate of drug-likeness (QED) is 0.279. The van der Waals surface area contributed by atoms with Gasteiger partial charge in [-0.3, -0.25) is 0 Å². The van der Waals surface area contributed by atoms with E-state index in [0.29, 0.717) is 17.8 Å². The summed E-state index contributed by atoms with van der Waals surface area (Å²) in [4.78, 5) is 0. The van der Waals surface area contributed by atoms with Crippen molar-refractivity contribution < 1.29 is 0 Å². The van der Waals surface area contributed by atoms with Gasteiger partial charge >= 0.3 is 0 Å². The molecule has 0 amide bonds. The standard InChI is InChI=1S/C34H40/c1-6-25(5)34(32-19-20-33(29(8-3)23-32)31-16-9-24(4)21-31)30-17-14-28(15-18-30)22-27-12-10-26(7-2)11-13-27/h2,9-13,16,19-21,23-24,28,30,34H,5-6,8,14-15,17-18,22H2,1,3-4H3. The Kier molecular flexibility index (Phi) is 7.95. The lowest BCUT2D eigenvalue weighted by Crippen LogP contribution is -2.23. The minimum Gasteiger partial charge on any atom is -0.115 e. The van der Waals surface area contributed by atoms with E-state index in [1.54, 1.807) is 0 Å². The zero-order valence-electron chi connectivity index (χ0n) is 21.3. The van der Waals surface area contributed by atoms with E-state index in [1.807, 2.05) is 0 Å². The van der Waals surface area contributed by atoms with E-state index in [4.69, 9.17) is 6.42 Å².